The number of rotatable bonds is 7. The quantitative estimate of drug-likeness (QED) is 0.299. The Bertz CT molecular complexity index is 538. The zero-order chi connectivity index (χ0) is 20.1. The average molecular weight is 511 g/mol. The zero-order valence-electron chi connectivity index (χ0n) is 18.2. The van der Waals surface area contributed by atoms with Gasteiger partial charge in [-0.2, -0.15) is 0 Å². The molecule has 2 atom stereocenters. The number of morpholine rings is 1. The summed E-state index contributed by atoms with van der Waals surface area (Å²) < 4.78 is 11.1. The highest BCUT2D eigenvalue weighted by molar-refractivity contribution is 14.0. The molecule has 1 saturated carbocycles. The lowest BCUT2D eigenvalue weighted by atomic mass is 9.56. The van der Waals surface area contributed by atoms with Crippen molar-refractivity contribution in [3.8, 4) is 0 Å². The first kappa shape index (κ1) is 25.4. The number of hydrogen-bond donors (Lipinski definition) is 2. The third-order valence-electron chi connectivity index (χ3n) is 6.28. The number of carbonyl (C=O) groups is 1. The van der Waals surface area contributed by atoms with Crippen LogP contribution in [0.2, 0.25) is 0 Å². The Hall–Kier alpha value is -0.650. The van der Waals surface area contributed by atoms with E-state index in [1.807, 2.05) is 0 Å². The molecule has 1 amide bonds. The molecule has 0 aromatic heterocycles. The topological polar surface area (TPSA) is 78.4 Å². The molecule has 2 aliphatic rings. The number of hydrogen-bond acceptors (Lipinski definition) is 5. The number of nitrogens with zero attached hydrogens (tertiary/aromatic N) is 3. The predicted molar refractivity (Wildman–Crippen MR) is 122 cm³/mol. The monoisotopic (exact) mass is 511 g/mol. The molecule has 164 valence electrons. The van der Waals surface area contributed by atoms with E-state index in [2.05, 4.69) is 41.3 Å². The molecule has 2 rings (SSSR count). The second kappa shape index (κ2) is 10.9. The van der Waals surface area contributed by atoms with E-state index in [0.29, 0.717) is 5.96 Å². The molecule has 0 radical (unpaired) electrons. The number of methoxy groups -OCH3 is 1. The molecule has 1 saturated heterocycles. The van der Waals surface area contributed by atoms with Crippen molar-refractivity contribution in [1.82, 2.24) is 20.4 Å². The molecule has 0 aromatic rings. The van der Waals surface area contributed by atoms with E-state index in [1.54, 1.807) is 26.1 Å². The lowest BCUT2D eigenvalue weighted by Crippen LogP contribution is -2.69. The molecule has 1 heterocycles. The van der Waals surface area contributed by atoms with Crippen LogP contribution in [0.5, 0.6) is 0 Å². The van der Waals surface area contributed by atoms with Crippen LogP contribution < -0.4 is 10.6 Å². The number of guanidine groups is 1. The Kier molecular flexibility index (Phi) is 9.92. The average Bonchev–Trinajstić information content (AvgIpc) is 2.65. The van der Waals surface area contributed by atoms with Crippen molar-refractivity contribution in [3.05, 3.63) is 0 Å². The predicted octanol–water partition coefficient (Wildman–Crippen LogP) is 0.764. The second-order valence-electron chi connectivity index (χ2n) is 8.39. The number of ether oxygens (including phenoxy) is 2. The van der Waals surface area contributed by atoms with Crippen molar-refractivity contribution in [2.24, 2.45) is 10.4 Å². The van der Waals surface area contributed by atoms with E-state index in [4.69, 9.17) is 9.47 Å². The van der Waals surface area contributed by atoms with Gasteiger partial charge in [-0.15, -0.1) is 24.0 Å². The smallest absolute Gasteiger partial charge is 0.243 e. The van der Waals surface area contributed by atoms with Crippen molar-refractivity contribution in [3.63, 3.8) is 0 Å². The number of aliphatic imine (C=N–C) groups is 1. The van der Waals surface area contributed by atoms with Crippen LogP contribution in [0.1, 0.15) is 27.2 Å². The maximum absolute atomic E-state index is 11.9. The lowest BCUT2D eigenvalue weighted by molar-refractivity contribution is -0.176. The number of carbonyl (C=O) groups excluding carboxylic acids is 1. The highest BCUT2D eigenvalue weighted by Crippen LogP contribution is 2.51. The van der Waals surface area contributed by atoms with E-state index in [9.17, 15) is 4.79 Å². The van der Waals surface area contributed by atoms with E-state index < -0.39 is 0 Å². The molecule has 9 heteroatoms. The van der Waals surface area contributed by atoms with Crippen molar-refractivity contribution in [2.75, 3.05) is 67.1 Å². The Morgan fingerprint density at radius 2 is 1.93 bits per heavy atom. The Labute approximate surface area is 186 Å². The summed E-state index contributed by atoms with van der Waals surface area (Å²) in [4.78, 5) is 20.4. The van der Waals surface area contributed by atoms with Crippen molar-refractivity contribution in [2.45, 2.75) is 38.8 Å². The van der Waals surface area contributed by atoms with Gasteiger partial charge in [0.1, 0.15) is 6.54 Å². The first-order valence-corrected chi connectivity index (χ1v) is 9.80. The highest BCUT2D eigenvalue weighted by Gasteiger charge is 2.58. The van der Waals surface area contributed by atoms with Gasteiger partial charge in [-0.05, 0) is 13.3 Å². The minimum absolute atomic E-state index is 0. The van der Waals surface area contributed by atoms with Gasteiger partial charge in [0.25, 0.3) is 0 Å². The molecule has 2 N–H and O–H groups in total. The molecular weight excluding hydrogens is 473 g/mol. The summed E-state index contributed by atoms with van der Waals surface area (Å²) in [7, 11) is 5.26. The van der Waals surface area contributed by atoms with Crippen LogP contribution in [0, 0.1) is 5.41 Å². The molecule has 0 bridgehead atoms. The van der Waals surface area contributed by atoms with E-state index in [-0.39, 0.29) is 53.5 Å². The van der Waals surface area contributed by atoms with Gasteiger partial charge in [0, 0.05) is 58.8 Å². The number of halogens is 1. The summed E-state index contributed by atoms with van der Waals surface area (Å²) in [6, 6.07) is 0.242. The third-order valence-corrected chi connectivity index (χ3v) is 6.28. The Balaban J connectivity index is 0.00000392. The van der Waals surface area contributed by atoms with Gasteiger partial charge in [-0.3, -0.25) is 9.69 Å². The summed E-state index contributed by atoms with van der Waals surface area (Å²) in [6.45, 7) is 11.9. The van der Waals surface area contributed by atoms with Crippen molar-refractivity contribution < 1.29 is 14.3 Å². The Morgan fingerprint density at radius 3 is 2.46 bits per heavy atom. The van der Waals surface area contributed by atoms with Gasteiger partial charge in [-0.1, -0.05) is 13.8 Å². The molecule has 0 aromatic carbocycles. The van der Waals surface area contributed by atoms with Gasteiger partial charge in [0.2, 0.25) is 5.91 Å². The second-order valence-corrected chi connectivity index (χ2v) is 8.39. The Morgan fingerprint density at radius 1 is 1.29 bits per heavy atom. The fraction of sp³-hybridized carbons (Fsp3) is 0.895. The molecule has 1 aliphatic carbocycles. The van der Waals surface area contributed by atoms with Gasteiger partial charge in [0.15, 0.2) is 5.96 Å². The highest BCUT2D eigenvalue weighted by atomic mass is 127. The fourth-order valence-corrected chi connectivity index (χ4v) is 3.49. The van der Waals surface area contributed by atoms with Crippen molar-refractivity contribution in [1.29, 1.82) is 0 Å². The molecule has 28 heavy (non-hydrogen) atoms. The summed E-state index contributed by atoms with van der Waals surface area (Å²) in [5.74, 6) is 0.675. The summed E-state index contributed by atoms with van der Waals surface area (Å²) >= 11 is 0. The first-order chi connectivity index (χ1) is 12.7. The lowest BCUT2D eigenvalue weighted by Gasteiger charge is -2.59. The van der Waals surface area contributed by atoms with Crippen LogP contribution in [0.3, 0.4) is 0 Å². The molecule has 2 fully saturated rings. The summed E-state index contributed by atoms with van der Waals surface area (Å²) in [5, 5.41) is 6.90. The maximum atomic E-state index is 11.9. The third kappa shape index (κ3) is 6.17. The standard InChI is InChI=1S/C19H37N5O3.HI/c1-18(2)15(13-19(18,3)26-6)22-17(21-14-16(25)23(4)5)20-7-8-24-9-11-27-12-10-24;/h15H,7-14H2,1-6H3,(H2,20,21,22);1H. The zero-order valence-corrected chi connectivity index (χ0v) is 20.5. The van der Waals surface area contributed by atoms with Crippen LogP contribution in [0.4, 0.5) is 0 Å². The SMILES string of the molecule is COC1(C)CC(NC(=NCC(=O)N(C)C)NCCN2CCOCC2)C1(C)C.I. The van der Waals surface area contributed by atoms with Crippen LogP contribution in [0.15, 0.2) is 4.99 Å². The number of amides is 1. The summed E-state index contributed by atoms with van der Waals surface area (Å²) in [6.07, 6.45) is 0.905. The fourth-order valence-electron chi connectivity index (χ4n) is 3.49. The van der Waals surface area contributed by atoms with E-state index in [1.165, 1.54) is 0 Å². The number of nitrogens with one attached hydrogen (secondary N) is 2. The largest absolute Gasteiger partial charge is 0.379 e. The maximum Gasteiger partial charge on any atom is 0.243 e. The van der Waals surface area contributed by atoms with Gasteiger partial charge in [0.05, 0.1) is 18.8 Å². The first-order valence-electron chi connectivity index (χ1n) is 9.80. The van der Waals surface area contributed by atoms with Gasteiger partial charge in [-0.25, -0.2) is 4.99 Å². The van der Waals surface area contributed by atoms with Crippen LogP contribution in [0.25, 0.3) is 0 Å². The molecule has 0 spiro atoms. The van der Waals surface area contributed by atoms with Crippen LogP contribution >= 0.6 is 24.0 Å². The minimum atomic E-state index is -0.150. The number of likely N-dealkylation sites (N-methyl/N-ethyl adjacent to an activating group) is 1. The minimum Gasteiger partial charge on any atom is -0.379 e. The van der Waals surface area contributed by atoms with Gasteiger partial charge >= 0.3 is 0 Å². The van der Waals surface area contributed by atoms with E-state index >= 15 is 0 Å². The van der Waals surface area contributed by atoms with E-state index in [0.717, 1.165) is 45.8 Å². The van der Waals surface area contributed by atoms with Crippen LogP contribution in [-0.4, -0.2) is 100 Å². The van der Waals surface area contributed by atoms with Gasteiger partial charge < -0.3 is 25.0 Å². The van der Waals surface area contributed by atoms with Crippen molar-refractivity contribution >= 4 is 35.8 Å². The normalized spacial score (nSPS) is 27.4. The molecular formula is C19H38IN5O3. The molecule has 1 aliphatic heterocycles. The van der Waals surface area contributed by atoms with Crippen LogP contribution in [-0.2, 0) is 14.3 Å². The molecule has 2 unspecified atom stereocenters. The summed E-state index contributed by atoms with van der Waals surface area (Å²) in [5.41, 5.74) is -0.178. The molecule has 8 nitrogen and oxygen atoms in total.